The minimum Gasteiger partial charge on any atom is -0.355 e. The van der Waals surface area contributed by atoms with Crippen LogP contribution in [0.3, 0.4) is 0 Å². The summed E-state index contributed by atoms with van der Waals surface area (Å²) in [6.45, 7) is 1.65. The number of hydrogen-bond donors (Lipinski definition) is 2. The highest BCUT2D eigenvalue weighted by molar-refractivity contribution is 5.94. The molecule has 0 aromatic carbocycles. The number of nitrogens with zero attached hydrogens (tertiary/aromatic N) is 2. The maximum Gasteiger partial charge on any atom is 0.261 e. The van der Waals surface area contributed by atoms with Gasteiger partial charge in [0, 0.05) is 31.0 Å². The van der Waals surface area contributed by atoms with Crippen LogP contribution in [0, 0.1) is 0 Å². The summed E-state index contributed by atoms with van der Waals surface area (Å²) >= 11 is 0. The summed E-state index contributed by atoms with van der Waals surface area (Å²) in [5.74, 6) is 0.658. The molecule has 0 bridgehead atoms. The highest BCUT2D eigenvalue weighted by Crippen LogP contribution is 2.20. The van der Waals surface area contributed by atoms with Crippen LogP contribution in [0.2, 0.25) is 0 Å². The molecule has 0 radical (unpaired) electrons. The van der Waals surface area contributed by atoms with Crippen molar-refractivity contribution in [2.24, 2.45) is 0 Å². The molecule has 2 N–H and O–H groups in total. The van der Waals surface area contributed by atoms with Gasteiger partial charge in [0.1, 0.15) is 11.4 Å². The number of aryl methyl sites for hydroxylation is 2. The summed E-state index contributed by atoms with van der Waals surface area (Å²) in [4.78, 5) is 34.5. The molecule has 26 heavy (non-hydrogen) atoms. The molecule has 1 atom stereocenters. The van der Waals surface area contributed by atoms with Gasteiger partial charge in [-0.25, -0.2) is 4.98 Å². The van der Waals surface area contributed by atoms with Gasteiger partial charge < -0.3 is 15.2 Å². The summed E-state index contributed by atoms with van der Waals surface area (Å²) in [6, 6.07) is 7.67. The first-order valence-corrected chi connectivity index (χ1v) is 9.42. The highest BCUT2D eigenvalue weighted by atomic mass is 16.2. The van der Waals surface area contributed by atoms with Crippen molar-refractivity contribution in [3.63, 3.8) is 0 Å². The van der Waals surface area contributed by atoms with E-state index in [0.717, 1.165) is 62.1 Å². The number of hydrogen-bond acceptors (Lipinski definition) is 4. The summed E-state index contributed by atoms with van der Waals surface area (Å²) in [7, 11) is 0. The third-order valence-corrected chi connectivity index (χ3v) is 5.31. The van der Waals surface area contributed by atoms with E-state index in [4.69, 9.17) is 0 Å². The topological polar surface area (TPSA) is 78.1 Å². The number of aromatic amines is 1. The molecule has 1 aliphatic carbocycles. The molecule has 0 saturated carbocycles. The van der Waals surface area contributed by atoms with Crippen molar-refractivity contribution in [1.82, 2.24) is 15.3 Å². The number of carbonyl (C=O) groups is 1. The van der Waals surface area contributed by atoms with Crippen molar-refractivity contribution in [2.75, 3.05) is 18.0 Å². The second-order valence-electron chi connectivity index (χ2n) is 7.17. The monoisotopic (exact) mass is 352 g/mol. The molecule has 2 aliphatic rings. The van der Waals surface area contributed by atoms with Gasteiger partial charge in [0.15, 0.2) is 0 Å². The number of aromatic nitrogens is 2. The molecule has 2 aromatic rings. The molecule has 1 fully saturated rings. The number of anilines is 1. The average Bonchev–Trinajstić information content (AvgIpc) is 2.68. The van der Waals surface area contributed by atoms with Crippen molar-refractivity contribution >= 4 is 11.7 Å². The molecule has 1 aliphatic heterocycles. The largest absolute Gasteiger partial charge is 0.355 e. The average molecular weight is 352 g/mol. The van der Waals surface area contributed by atoms with Crippen molar-refractivity contribution in [3.05, 3.63) is 57.6 Å². The van der Waals surface area contributed by atoms with E-state index in [0.29, 0.717) is 6.54 Å². The molecule has 1 unspecified atom stereocenters. The first-order chi connectivity index (χ1) is 12.7. The molecule has 6 nitrogen and oxygen atoms in total. The van der Waals surface area contributed by atoms with Crippen LogP contribution in [-0.2, 0) is 12.8 Å². The standard InChI is InChI=1S/C20H24N4O2/c25-19(16-12-14-6-1-2-8-17(14)23-20(16)26)22-15-7-5-11-24(13-15)18-9-3-4-10-21-18/h3-4,9-10,12,15H,1-2,5-8,11,13H2,(H,22,25)(H,23,26). The zero-order valence-electron chi connectivity index (χ0n) is 14.8. The lowest BCUT2D eigenvalue weighted by Gasteiger charge is -2.34. The predicted octanol–water partition coefficient (Wildman–Crippen LogP) is 2.05. The van der Waals surface area contributed by atoms with Crippen molar-refractivity contribution < 1.29 is 4.79 Å². The summed E-state index contributed by atoms with van der Waals surface area (Å²) in [5, 5.41) is 3.05. The summed E-state index contributed by atoms with van der Waals surface area (Å²) in [6.07, 6.45) is 7.73. The van der Waals surface area contributed by atoms with Gasteiger partial charge in [-0.15, -0.1) is 0 Å². The van der Waals surface area contributed by atoms with Crippen LogP contribution in [0.4, 0.5) is 5.82 Å². The summed E-state index contributed by atoms with van der Waals surface area (Å²) < 4.78 is 0. The minimum absolute atomic E-state index is 0.0219. The fourth-order valence-corrected chi connectivity index (χ4v) is 3.95. The van der Waals surface area contributed by atoms with E-state index in [1.807, 2.05) is 18.2 Å². The Morgan fingerprint density at radius 2 is 2.12 bits per heavy atom. The Hall–Kier alpha value is -2.63. The van der Waals surface area contributed by atoms with Gasteiger partial charge >= 0.3 is 0 Å². The van der Waals surface area contributed by atoms with Gasteiger partial charge in [-0.2, -0.15) is 0 Å². The van der Waals surface area contributed by atoms with E-state index in [-0.39, 0.29) is 23.1 Å². The number of amides is 1. The zero-order valence-corrected chi connectivity index (χ0v) is 14.8. The van der Waals surface area contributed by atoms with Gasteiger partial charge in [-0.3, -0.25) is 9.59 Å². The van der Waals surface area contributed by atoms with Gasteiger partial charge in [0.05, 0.1) is 0 Å². The maximum atomic E-state index is 12.7. The normalized spacial score (nSPS) is 19.7. The lowest BCUT2D eigenvalue weighted by molar-refractivity contribution is 0.0931. The Morgan fingerprint density at radius 3 is 2.96 bits per heavy atom. The molecule has 0 spiro atoms. The van der Waals surface area contributed by atoms with Gasteiger partial charge in [-0.05, 0) is 62.3 Å². The van der Waals surface area contributed by atoms with E-state index < -0.39 is 0 Å². The van der Waals surface area contributed by atoms with Gasteiger partial charge in [0.25, 0.3) is 11.5 Å². The van der Waals surface area contributed by atoms with E-state index in [9.17, 15) is 9.59 Å². The smallest absolute Gasteiger partial charge is 0.261 e. The molecule has 6 heteroatoms. The van der Waals surface area contributed by atoms with Crippen LogP contribution in [0.25, 0.3) is 0 Å². The lowest BCUT2D eigenvalue weighted by Crippen LogP contribution is -2.48. The number of piperidine rings is 1. The van der Waals surface area contributed by atoms with E-state index >= 15 is 0 Å². The van der Waals surface area contributed by atoms with Gasteiger partial charge in [-0.1, -0.05) is 6.07 Å². The number of pyridine rings is 2. The molecular weight excluding hydrogens is 328 g/mol. The van der Waals surface area contributed by atoms with Crippen LogP contribution in [-0.4, -0.2) is 35.0 Å². The third-order valence-electron chi connectivity index (χ3n) is 5.31. The second kappa shape index (κ2) is 7.32. The molecule has 4 rings (SSSR count). The van der Waals surface area contributed by atoms with Crippen LogP contribution in [0.15, 0.2) is 35.3 Å². The fraction of sp³-hybridized carbons (Fsp3) is 0.450. The molecule has 2 aromatic heterocycles. The van der Waals surface area contributed by atoms with Gasteiger partial charge in [0.2, 0.25) is 0 Å². The zero-order chi connectivity index (χ0) is 17.9. The molecule has 1 saturated heterocycles. The van der Waals surface area contributed by atoms with Crippen LogP contribution in [0.1, 0.15) is 47.3 Å². The van der Waals surface area contributed by atoms with Crippen molar-refractivity contribution in [1.29, 1.82) is 0 Å². The molecular formula is C20H24N4O2. The first kappa shape index (κ1) is 16.8. The Bertz CT molecular complexity index is 847. The SMILES string of the molecule is O=C(NC1CCCN(c2ccccn2)C1)c1cc2c([nH]c1=O)CCCC2. The molecule has 3 heterocycles. The molecule has 1 amide bonds. The number of fused-ring (bicyclic) bond motifs is 1. The third kappa shape index (κ3) is 3.49. The van der Waals surface area contributed by atoms with E-state index in [1.54, 1.807) is 12.3 Å². The number of nitrogens with one attached hydrogen (secondary N) is 2. The van der Waals surface area contributed by atoms with E-state index in [2.05, 4.69) is 20.2 Å². The Kier molecular flexibility index (Phi) is 4.73. The van der Waals surface area contributed by atoms with Crippen LogP contribution >= 0.6 is 0 Å². The second-order valence-corrected chi connectivity index (χ2v) is 7.17. The van der Waals surface area contributed by atoms with Crippen molar-refractivity contribution in [3.8, 4) is 0 Å². The number of carbonyl (C=O) groups excluding carboxylic acids is 1. The molecule has 136 valence electrons. The Balaban J connectivity index is 1.47. The van der Waals surface area contributed by atoms with Crippen LogP contribution < -0.4 is 15.8 Å². The number of H-pyrrole nitrogens is 1. The summed E-state index contributed by atoms with van der Waals surface area (Å²) in [5.41, 5.74) is 2.07. The van der Waals surface area contributed by atoms with Crippen molar-refractivity contribution in [2.45, 2.75) is 44.6 Å². The maximum absolute atomic E-state index is 12.7. The highest BCUT2D eigenvalue weighted by Gasteiger charge is 2.24. The quantitative estimate of drug-likeness (QED) is 0.886. The number of rotatable bonds is 3. The minimum atomic E-state index is -0.277. The lowest BCUT2D eigenvalue weighted by atomic mass is 9.95. The Labute approximate surface area is 152 Å². The first-order valence-electron chi connectivity index (χ1n) is 9.42. The fourth-order valence-electron chi connectivity index (χ4n) is 3.95. The predicted molar refractivity (Wildman–Crippen MR) is 101 cm³/mol. The van der Waals surface area contributed by atoms with E-state index in [1.165, 1.54) is 0 Å². The van der Waals surface area contributed by atoms with Crippen LogP contribution in [0.5, 0.6) is 0 Å². The Morgan fingerprint density at radius 1 is 1.23 bits per heavy atom.